The maximum Gasteiger partial charge on any atom is 0.161 e. The van der Waals surface area contributed by atoms with Gasteiger partial charge in [0.15, 0.2) is 11.5 Å². The summed E-state index contributed by atoms with van der Waals surface area (Å²) in [4.78, 5) is 0. The fraction of sp³-hybridized carbons (Fsp3) is 0.182. The fourth-order valence-corrected chi connectivity index (χ4v) is 1.10. The van der Waals surface area contributed by atoms with Crippen molar-refractivity contribution in [1.29, 1.82) is 0 Å². The van der Waals surface area contributed by atoms with Crippen molar-refractivity contribution in [1.82, 2.24) is 0 Å². The van der Waals surface area contributed by atoms with Gasteiger partial charge in [0, 0.05) is 5.56 Å². The van der Waals surface area contributed by atoms with Gasteiger partial charge < -0.3 is 14.7 Å². The van der Waals surface area contributed by atoms with Gasteiger partial charge in [-0.2, -0.15) is 0 Å². The predicted octanol–water partition coefficient (Wildman–Crippen LogP) is 2.07. The van der Waals surface area contributed by atoms with Crippen molar-refractivity contribution in [2.24, 2.45) is 5.16 Å². The van der Waals surface area contributed by atoms with Gasteiger partial charge in [-0.25, -0.2) is 0 Å². The summed E-state index contributed by atoms with van der Waals surface area (Å²) in [6, 6.07) is 5.23. The highest BCUT2D eigenvalue weighted by Gasteiger charge is 2.03. The number of hydrogen-bond acceptors (Lipinski definition) is 4. The first-order valence-corrected chi connectivity index (χ1v) is 4.41. The quantitative estimate of drug-likeness (QED) is 0.348. The Morgan fingerprint density at radius 3 is 2.87 bits per heavy atom. The molecule has 4 heteroatoms. The topological polar surface area (TPSA) is 51.0 Å². The van der Waals surface area contributed by atoms with E-state index < -0.39 is 0 Å². The summed E-state index contributed by atoms with van der Waals surface area (Å²) in [5, 5.41) is 11.3. The van der Waals surface area contributed by atoms with Crippen LogP contribution in [0, 0.1) is 0 Å². The Bertz CT molecular complexity index is 361. The lowest BCUT2D eigenvalue weighted by Crippen LogP contribution is -1.97. The molecule has 0 amide bonds. The number of hydrogen-bond donors (Lipinski definition) is 1. The summed E-state index contributed by atoms with van der Waals surface area (Å²) in [6.45, 7) is 3.98. The van der Waals surface area contributed by atoms with Crippen molar-refractivity contribution in [2.45, 2.75) is 0 Å². The molecule has 0 aliphatic heterocycles. The number of oxime groups is 1. The Labute approximate surface area is 88.4 Å². The van der Waals surface area contributed by atoms with Gasteiger partial charge in [-0.1, -0.05) is 17.8 Å². The molecule has 1 aromatic carbocycles. The molecule has 0 atom stereocenters. The minimum Gasteiger partial charge on any atom is -0.493 e. The van der Waals surface area contributed by atoms with Crippen LogP contribution in [-0.2, 0) is 0 Å². The minimum atomic E-state index is 0.420. The summed E-state index contributed by atoms with van der Waals surface area (Å²) in [6.07, 6.45) is 2.97. The smallest absolute Gasteiger partial charge is 0.161 e. The Hall–Kier alpha value is -1.97. The van der Waals surface area contributed by atoms with Crippen LogP contribution in [-0.4, -0.2) is 25.1 Å². The van der Waals surface area contributed by atoms with Crippen LogP contribution in [0.5, 0.6) is 11.5 Å². The SMILES string of the molecule is C=CCOc1ccc(/C=N\O)cc1OC. The van der Waals surface area contributed by atoms with Crippen molar-refractivity contribution in [3.8, 4) is 11.5 Å². The largest absolute Gasteiger partial charge is 0.493 e. The Balaban J connectivity index is 2.92. The van der Waals surface area contributed by atoms with Crippen LogP contribution in [0.15, 0.2) is 36.0 Å². The highest BCUT2D eigenvalue weighted by molar-refractivity contribution is 5.80. The van der Waals surface area contributed by atoms with Gasteiger partial charge in [0.05, 0.1) is 13.3 Å². The zero-order valence-electron chi connectivity index (χ0n) is 8.51. The van der Waals surface area contributed by atoms with Gasteiger partial charge in [-0.3, -0.25) is 0 Å². The second kappa shape index (κ2) is 5.70. The molecule has 0 aliphatic carbocycles. The molecule has 0 heterocycles. The average molecular weight is 207 g/mol. The van der Waals surface area contributed by atoms with Gasteiger partial charge in [-0.05, 0) is 18.2 Å². The maximum atomic E-state index is 8.38. The second-order valence-electron chi connectivity index (χ2n) is 2.75. The number of methoxy groups -OCH3 is 1. The molecule has 0 unspecified atom stereocenters. The summed E-state index contributed by atoms with van der Waals surface area (Å²) in [5.41, 5.74) is 0.736. The second-order valence-corrected chi connectivity index (χ2v) is 2.75. The highest BCUT2D eigenvalue weighted by atomic mass is 16.5. The zero-order valence-corrected chi connectivity index (χ0v) is 8.51. The molecule has 0 spiro atoms. The van der Waals surface area contributed by atoms with Gasteiger partial charge in [0.2, 0.25) is 0 Å². The summed E-state index contributed by atoms with van der Waals surface area (Å²) in [7, 11) is 1.55. The first-order chi connectivity index (χ1) is 7.31. The third-order valence-corrected chi connectivity index (χ3v) is 1.75. The number of benzene rings is 1. The molecular formula is C11H13NO3. The van der Waals surface area contributed by atoms with Crippen LogP contribution in [0.4, 0.5) is 0 Å². The average Bonchev–Trinajstić information content (AvgIpc) is 2.27. The van der Waals surface area contributed by atoms with Crippen molar-refractivity contribution in [3.05, 3.63) is 36.4 Å². The van der Waals surface area contributed by atoms with E-state index in [9.17, 15) is 0 Å². The van der Waals surface area contributed by atoms with Crippen LogP contribution in [0.25, 0.3) is 0 Å². The molecule has 1 aromatic rings. The van der Waals surface area contributed by atoms with E-state index in [0.717, 1.165) is 5.56 Å². The molecule has 0 aromatic heterocycles. The Morgan fingerprint density at radius 2 is 2.27 bits per heavy atom. The van der Waals surface area contributed by atoms with E-state index in [0.29, 0.717) is 18.1 Å². The van der Waals surface area contributed by atoms with Crippen molar-refractivity contribution in [3.63, 3.8) is 0 Å². The summed E-state index contributed by atoms with van der Waals surface area (Å²) in [5.74, 6) is 1.22. The van der Waals surface area contributed by atoms with E-state index in [1.165, 1.54) is 6.21 Å². The molecule has 1 rings (SSSR count). The number of rotatable bonds is 5. The standard InChI is InChI=1S/C11H13NO3/c1-3-6-15-10-5-4-9(8-12-13)7-11(10)14-2/h3-5,7-8,13H,1,6H2,2H3/b12-8-. The predicted molar refractivity (Wildman–Crippen MR) is 58.1 cm³/mol. The van der Waals surface area contributed by atoms with Crippen LogP contribution >= 0.6 is 0 Å². The zero-order chi connectivity index (χ0) is 11.1. The molecule has 1 N–H and O–H groups in total. The molecule has 4 nitrogen and oxygen atoms in total. The maximum absolute atomic E-state index is 8.38. The van der Waals surface area contributed by atoms with Gasteiger partial charge in [0.25, 0.3) is 0 Å². The molecule has 15 heavy (non-hydrogen) atoms. The number of ether oxygens (including phenoxy) is 2. The normalized spacial score (nSPS) is 10.2. The molecule has 0 bridgehead atoms. The van der Waals surface area contributed by atoms with Crippen molar-refractivity contribution >= 4 is 6.21 Å². The summed E-state index contributed by atoms with van der Waals surface area (Å²) < 4.78 is 10.5. The highest BCUT2D eigenvalue weighted by Crippen LogP contribution is 2.27. The van der Waals surface area contributed by atoms with Gasteiger partial charge in [-0.15, -0.1) is 0 Å². The van der Waals surface area contributed by atoms with Crippen molar-refractivity contribution < 1.29 is 14.7 Å². The lowest BCUT2D eigenvalue weighted by molar-refractivity contribution is 0.321. The lowest BCUT2D eigenvalue weighted by atomic mass is 10.2. The number of nitrogens with zero attached hydrogens (tertiary/aromatic N) is 1. The van der Waals surface area contributed by atoms with E-state index in [1.54, 1.807) is 31.4 Å². The van der Waals surface area contributed by atoms with E-state index in [-0.39, 0.29) is 0 Å². The third kappa shape index (κ3) is 3.02. The molecule has 0 radical (unpaired) electrons. The molecule has 0 aliphatic rings. The van der Waals surface area contributed by atoms with Crippen LogP contribution in [0.1, 0.15) is 5.56 Å². The lowest BCUT2D eigenvalue weighted by Gasteiger charge is -2.09. The summed E-state index contributed by atoms with van der Waals surface area (Å²) >= 11 is 0. The third-order valence-electron chi connectivity index (χ3n) is 1.75. The Kier molecular flexibility index (Phi) is 4.22. The van der Waals surface area contributed by atoms with E-state index in [4.69, 9.17) is 14.7 Å². The fourth-order valence-electron chi connectivity index (χ4n) is 1.10. The monoisotopic (exact) mass is 207 g/mol. The molecule has 0 fully saturated rings. The molecule has 0 saturated heterocycles. The van der Waals surface area contributed by atoms with E-state index >= 15 is 0 Å². The molecule has 0 saturated carbocycles. The molecular weight excluding hydrogens is 194 g/mol. The minimum absolute atomic E-state index is 0.420. The Morgan fingerprint density at radius 1 is 1.47 bits per heavy atom. The van der Waals surface area contributed by atoms with Crippen LogP contribution < -0.4 is 9.47 Å². The van der Waals surface area contributed by atoms with Gasteiger partial charge in [0.1, 0.15) is 6.61 Å². The van der Waals surface area contributed by atoms with Crippen molar-refractivity contribution in [2.75, 3.05) is 13.7 Å². The van der Waals surface area contributed by atoms with Gasteiger partial charge >= 0.3 is 0 Å². The van der Waals surface area contributed by atoms with Crippen LogP contribution in [0.2, 0.25) is 0 Å². The first-order valence-electron chi connectivity index (χ1n) is 4.41. The van der Waals surface area contributed by atoms with Crippen LogP contribution in [0.3, 0.4) is 0 Å². The molecule has 80 valence electrons. The van der Waals surface area contributed by atoms with E-state index in [2.05, 4.69) is 11.7 Å². The van der Waals surface area contributed by atoms with E-state index in [1.807, 2.05) is 0 Å². The first kappa shape index (κ1) is 11.1.